The Bertz CT molecular complexity index is 438. The molecule has 2 N–H and O–H groups in total. The van der Waals surface area contributed by atoms with Gasteiger partial charge >= 0.3 is 12.1 Å². The molecule has 1 heterocycles. The zero-order valence-corrected chi connectivity index (χ0v) is 8.58. The average Bonchev–Trinajstić information content (AvgIpc) is 2.98. The van der Waals surface area contributed by atoms with Gasteiger partial charge in [-0.3, -0.25) is 0 Å². The van der Waals surface area contributed by atoms with Crippen molar-refractivity contribution in [2.24, 2.45) is 0 Å². The molecule has 7 heteroatoms. The van der Waals surface area contributed by atoms with E-state index in [2.05, 4.69) is 10.3 Å². The van der Waals surface area contributed by atoms with Crippen molar-refractivity contribution in [2.75, 3.05) is 5.32 Å². The van der Waals surface area contributed by atoms with Gasteiger partial charge in [0, 0.05) is 6.20 Å². The largest absolute Gasteiger partial charge is 0.478 e. The summed E-state index contributed by atoms with van der Waals surface area (Å²) in [4.78, 5) is 14.2. The maximum Gasteiger partial charge on any atom is 0.411 e. The van der Waals surface area contributed by atoms with Gasteiger partial charge in [0.05, 0.1) is 5.56 Å². The highest BCUT2D eigenvalue weighted by molar-refractivity contribution is 5.87. The number of carboxylic acids is 1. The van der Waals surface area contributed by atoms with E-state index in [1.54, 1.807) is 0 Å². The minimum Gasteiger partial charge on any atom is -0.478 e. The van der Waals surface area contributed by atoms with Crippen molar-refractivity contribution in [2.45, 2.75) is 24.6 Å². The number of carbonyl (C=O) groups is 1. The first kappa shape index (κ1) is 11.7. The van der Waals surface area contributed by atoms with Crippen molar-refractivity contribution < 1.29 is 23.1 Å². The van der Waals surface area contributed by atoms with Crippen LogP contribution in [0.25, 0.3) is 0 Å². The van der Waals surface area contributed by atoms with Crippen LogP contribution in [0.3, 0.4) is 0 Å². The van der Waals surface area contributed by atoms with Crippen molar-refractivity contribution in [3.63, 3.8) is 0 Å². The molecule has 0 aromatic carbocycles. The fourth-order valence-corrected chi connectivity index (χ4v) is 1.44. The molecule has 1 aromatic rings. The number of pyridine rings is 1. The lowest BCUT2D eigenvalue weighted by molar-refractivity contribution is -0.151. The molecular formula is C10H9F3N2O2. The Labute approximate surface area is 94.5 Å². The molecule has 0 spiro atoms. The quantitative estimate of drug-likeness (QED) is 0.858. The predicted octanol–water partition coefficient (Wildman–Crippen LogP) is 2.29. The van der Waals surface area contributed by atoms with Crippen LogP contribution < -0.4 is 5.32 Å². The summed E-state index contributed by atoms with van der Waals surface area (Å²) >= 11 is 0. The summed E-state index contributed by atoms with van der Waals surface area (Å²) in [5.74, 6) is -1.13. The number of carboxylic acid groups (broad SMARTS) is 1. The number of aromatic carboxylic acids is 1. The van der Waals surface area contributed by atoms with Crippen LogP contribution in [0.5, 0.6) is 0 Å². The van der Waals surface area contributed by atoms with Crippen LogP contribution in [-0.2, 0) is 0 Å². The van der Waals surface area contributed by atoms with Gasteiger partial charge in [-0.05, 0) is 25.0 Å². The Kier molecular flexibility index (Phi) is 2.48. The van der Waals surface area contributed by atoms with Gasteiger partial charge < -0.3 is 10.4 Å². The number of nitrogens with one attached hydrogen (secondary N) is 1. The summed E-state index contributed by atoms with van der Waals surface area (Å²) in [5, 5.41) is 10.9. The Hall–Kier alpha value is -1.79. The van der Waals surface area contributed by atoms with Gasteiger partial charge in [-0.15, -0.1) is 0 Å². The van der Waals surface area contributed by atoms with Gasteiger partial charge in [0.1, 0.15) is 11.4 Å². The van der Waals surface area contributed by atoms with E-state index >= 15 is 0 Å². The number of aromatic nitrogens is 1. The Balaban J connectivity index is 2.13. The molecule has 0 radical (unpaired) electrons. The standard InChI is InChI=1S/C10H9F3N2O2/c11-10(12,13)9(3-4-9)15-7-2-1-6(5-14-7)8(16)17/h1-2,5H,3-4H2,(H,14,15)(H,16,17). The lowest BCUT2D eigenvalue weighted by atomic mass is 10.2. The van der Waals surface area contributed by atoms with Crippen LogP contribution in [0.2, 0.25) is 0 Å². The molecule has 4 nitrogen and oxygen atoms in total. The molecule has 0 atom stereocenters. The lowest BCUT2D eigenvalue weighted by Gasteiger charge is -2.21. The summed E-state index contributed by atoms with van der Waals surface area (Å²) in [6, 6.07) is 2.44. The summed E-state index contributed by atoms with van der Waals surface area (Å²) in [5.41, 5.74) is -1.95. The Morgan fingerprint density at radius 1 is 1.41 bits per heavy atom. The van der Waals surface area contributed by atoms with E-state index < -0.39 is 17.7 Å². The molecule has 0 unspecified atom stereocenters. The van der Waals surface area contributed by atoms with Crippen LogP contribution in [0.1, 0.15) is 23.2 Å². The highest BCUT2D eigenvalue weighted by Crippen LogP contribution is 2.50. The van der Waals surface area contributed by atoms with Gasteiger partial charge in [0.25, 0.3) is 0 Å². The first-order valence-corrected chi connectivity index (χ1v) is 4.88. The van der Waals surface area contributed by atoms with E-state index in [9.17, 15) is 18.0 Å². The van der Waals surface area contributed by atoms with E-state index in [1.165, 1.54) is 12.1 Å². The van der Waals surface area contributed by atoms with Crippen molar-refractivity contribution in [1.29, 1.82) is 0 Å². The SMILES string of the molecule is O=C(O)c1ccc(NC2(C(F)(F)F)CC2)nc1. The van der Waals surface area contributed by atoms with Gasteiger partial charge in [0.15, 0.2) is 0 Å². The van der Waals surface area contributed by atoms with Crippen molar-refractivity contribution in [3.05, 3.63) is 23.9 Å². The maximum atomic E-state index is 12.6. The molecule has 0 saturated heterocycles. The molecule has 1 saturated carbocycles. The molecule has 17 heavy (non-hydrogen) atoms. The van der Waals surface area contributed by atoms with Crippen LogP contribution in [0, 0.1) is 0 Å². The van der Waals surface area contributed by atoms with E-state index in [1.807, 2.05) is 0 Å². The third-order valence-electron chi connectivity index (χ3n) is 2.67. The smallest absolute Gasteiger partial charge is 0.411 e. The van der Waals surface area contributed by atoms with Crippen LogP contribution in [-0.4, -0.2) is 27.8 Å². The van der Waals surface area contributed by atoms with Crippen molar-refractivity contribution >= 4 is 11.8 Å². The predicted molar refractivity (Wildman–Crippen MR) is 52.8 cm³/mol. The summed E-state index contributed by atoms with van der Waals surface area (Å²) < 4.78 is 37.8. The van der Waals surface area contributed by atoms with Gasteiger partial charge in [0.2, 0.25) is 0 Å². The minimum absolute atomic E-state index is 0.0128. The number of hydrogen-bond acceptors (Lipinski definition) is 3. The molecule has 1 aliphatic rings. The number of halogens is 3. The second-order valence-electron chi connectivity index (χ2n) is 3.94. The topological polar surface area (TPSA) is 62.2 Å². The monoisotopic (exact) mass is 246 g/mol. The molecule has 0 amide bonds. The van der Waals surface area contributed by atoms with E-state index in [4.69, 9.17) is 5.11 Å². The average molecular weight is 246 g/mol. The van der Waals surface area contributed by atoms with Gasteiger partial charge in [-0.1, -0.05) is 0 Å². The van der Waals surface area contributed by atoms with Crippen molar-refractivity contribution in [1.82, 2.24) is 4.98 Å². The summed E-state index contributed by atoms with van der Waals surface area (Å²) in [7, 11) is 0. The van der Waals surface area contributed by atoms with E-state index in [0.717, 1.165) is 6.20 Å². The molecule has 0 aliphatic heterocycles. The second-order valence-corrected chi connectivity index (χ2v) is 3.94. The first-order valence-electron chi connectivity index (χ1n) is 4.88. The molecule has 92 valence electrons. The zero-order valence-electron chi connectivity index (χ0n) is 8.58. The highest BCUT2D eigenvalue weighted by atomic mass is 19.4. The van der Waals surface area contributed by atoms with Gasteiger partial charge in [-0.25, -0.2) is 9.78 Å². The number of alkyl halides is 3. The molecule has 2 rings (SSSR count). The molecule has 1 aliphatic carbocycles. The van der Waals surface area contributed by atoms with Crippen LogP contribution >= 0.6 is 0 Å². The van der Waals surface area contributed by atoms with Crippen LogP contribution in [0.4, 0.5) is 19.0 Å². The molecule has 1 aromatic heterocycles. The maximum absolute atomic E-state index is 12.6. The fraction of sp³-hybridized carbons (Fsp3) is 0.400. The number of anilines is 1. The fourth-order valence-electron chi connectivity index (χ4n) is 1.44. The summed E-state index contributed by atoms with van der Waals surface area (Å²) in [6.45, 7) is 0. The Morgan fingerprint density at radius 2 is 2.06 bits per heavy atom. The number of hydrogen-bond donors (Lipinski definition) is 2. The third-order valence-corrected chi connectivity index (χ3v) is 2.67. The zero-order chi connectivity index (χ0) is 12.7. The molecule has 1 fully saturated rings. The van der Waals surface area contributed by atoms with E-state index in [-0.39, 0.29) is 24.2 Å². The number of nitrogens with zero attached hydrogens (tertiary/aromatic N) is 1. The summed E-state index contributed by atoms with van der Waals surface area (Å²) in [6.07, 6.45) is -3.27. The second kappa shape index (κ2) is 3.61. The Morgan fingerprint density at radius 3 is 2.41 bits per heavy atom. The van der Waals surface area contributed by atoms with Gasteiger partial charge in [-0.2, -0.15) is 13.2 Å². The first-order chi connectivity index (χ1) is 7.84. The van der Waals surface area contributed by atoms with Crippen molar-refractivity contribution in [3.8, 4) is 0 Å². The normalized spacial score (nSPS) is 17.6. The number of rotatable bonds is 3. The van der Waals surface area contributed by atoms with E-state index in [0.29, 0.717) is 0 Å². The lowest BCUT2D eigenvalue weighted by Crippen LogP contribution is -2.38. The van der Waals surface area contributed by atoms with Crippen LogP contribution in [0.15, 0.2) is 18.3 Å². The third kappa shape index (κ3) is 2.17. The molecular weight excluding hydrogens is 237 g/mol. The highest BCUT2D eigenvalue weighted by Gasteiger charge is 2.63. The molecule has 0 bridgehead atoms. The minimum atomic E-state index is -4.32.